The maximum atomic E-state index is 8.85. The van der Waals surface area contributed by atoms with Crippen LogP contribution in [0.25, 0.3) is 0 Å². The number of benzene rings is 2. The number of hydrogen-bond donors (Lipinski definition) is 2. The number of ether oxygens (including phenoxy) is 1. The van der Waals surface area contributed by atoms with Crippen molar-refractivity contribution >= 4 is 37.7 Å². The van der Waals surface area contributed by atoms with E-state index in [0.29, 0.717) is 22.4 Å². The van der Waals surface area contributed by atoms with Gasteiger partial charge in [0, 0.05) is 14.5 Å². The molecule has 0 aliphatic rings. The number of oxime groups is 1. The minimum absolute atomic E-state index is 0.000368. The Morgan fingerprint density at radius 2 is 1.80 bits per heavy atom. The molecule has 2 aromatic rings. The van der Waals surface area contributed by atoms with Gasteiger partial charge in [-0.2, -0.15) is 0 Å². The van der Waals surface area contributed by atoms with Crippen LogP contribution in [-0.4, -0.2) is 11.0 Å². The predicted octanol–water partition coefficient (Wildman–Crippen LogP) is 3.89. The summed E-state index contributed by atoms with van der Waals surface area (Å²) in [6.07, 6.45) is 0. The molecule has 0 amide bonds. The third-order valence-corrected chi connectivity index (χ3v) is 4.11. The second-order valence-corrected chi connectivity index (χ2v) is 5.69. The molecule has 4 nitrogen and oxygen atoms in total. The summed E-state index contributed by atoms with van der Waals surface area (Å²) in [5.74, 6) is 0.546. The molecule has 0 fully saturated rings. The number of nitrogens with two attached hydrogens (primary N) is 1. The molecule has 3 N–H and O–H groups in total. The van der Waals surface area contributed by atoms with Gasteiger partial charge < -0.3 is 15.7 Å². The SMILES string of the molecule is N/C(=N/O)c1c(Br)cccc1OCc1ccccc1Br. The van der Waals surface area contributed by atoms with E-state index < -0.39 is 0 Å². The van der Waals surface area contributed by atoms with Crippen LogP contribution >= 0.6 is 31.9 Å². The number of rotatable bonds is 4. The molecule has 0 bridgehead atoms. The highest BCUT2D eigenvalue weighted by atomic mass is 79.9. The second-order valence-electron chi connectivity index (χ2n) is 3.98. The van der Waals surface area contributed by atoms with E-state index >= 15 is 0 Å². The molecular formula is C14H12Br2N2O2. The molecule has 0 atom stereocenters. The van der Waals surface area contributed by atoms with Crippen molar-refractivity contribution in [3.63, 3.8) is 0 Å². The fraction of sp³-hybridized carbons (Fsp3) is 0.0714. The van der Waals surface area contributed by atoms with Crippen molar-refractivity contribution in [3.8, 4) is 5.75 Å². The first-order chi connectivity index (χ1) is 9.63. The quantitative estimate of drug-likeness (QED) is 0.354. The van der Waals surface area contributed by atoms with Crippen molar-refractivity contribution in [2.45, 2.75) is 6.61 Å². The fourth-order valence-corrected chi connectivity index (χ4v) is 2.64. The molecule has 0 saturated carbocycles. The average molecular weight is 400 g/mol. The minimum atomic E-state index is -0.000368. The van der Waals surface area contributed by atoms with E-state index in [9.17, 15) is 0 Å². The molecule has 0 radical (unpaired) electrons. The number of amidine groups is 1. The second kappa shape index (κ2) is 6.76. The lowest BCUT2D eigenvalue weighted by molar-refractivity contribution is 0.302. The van der Waals surface area contributed by atoms with Crippen LogP contribution in [0.4, 0.5) is 0 Å². The molecule has 2 rings (SSSR count). The zero-order valence-electron chi connectivity index (χ0n) is 10.4. The molecule has 0 heterocycles. The first kappa shape index (κ1) is 14.9. The first-order valence-corrected chi connectivity index (χ1v) is 7.34. The maximum Gasteiger partial charge on any atom is 0.174 e. The zero-order valence-corrected chi connectivity index (χ0v) is 13.6. The maximum absolute atomic E-state index is 8.85. The lowest BCUT2D eigenvalue weighted by Gasteiger charge is -2.12. The zero-order chi connectivity index (χ0) is 14.5. The molecular weight excluding hydrogens is 388 g/mol. The third kappa shape index (κ3) is 3.32. The van der Waals surface area contributed by atoms with Crippen LogP contribution < -0.4 is 10.5 Å². The predicted molar refractivity (Wildman–Crippen MR) is 85.1 cm³/mol. The van der Waals surface area contributed by atoms with Gasteiger partial charge in [0.15, 0.2) is 5.84 Å². The summed E-state index contributed by atoms with van der Waals surface area (Å²) in [6.45, 7) is 0.379. The Balaban J connectivity index is 2.27. The molecule has 0 saturated heterocycles. The molecule has 0 aliphatic heterocycles. The van der Waals surface area contributed by atoms with Gasteiger partial charge >= 0.3 is 0 Å². The highest BCUT2D eigenvalue weighted by Crippen LogP contribution is 2.28. The van der Waals surface area contributed by atoms with Crippen molar-refractivity contribution in [3.05, 3.63) is 62.5 Å². The molecule has 2 aromatic carbocycles. The fourth-order valence-electron chi connectivity index (χ4n) is 1.69. The normalized spacial score (nSPS) is 11.4. The van der Waals surface area contributed by atoms with Gasteiger partial charge in [-0.3, -0.25) is 0 Å². The Morgan fingerprint density at radius 1 is 1.10 bits per heavy atom. The Hall–Kier alpha value is -1.53. The Kier molecular flexibility index (Phi) is 5.03. The van der Waals surface area contributed by atoms with Gasteiger partial charge in [0.1, 0.15) is 12.4 Å². The van der Waals surface area contributed by atoms with E-state index in [4.69, 9.17) is 15.7 Å². The Bertz CT molecular complexity index is 645. The van der Waals surface area contributed by atoms with Crippen LogP contribution in [0.15, 0.2) is 56.6 Å². The molecule has 0 unspecified atom stereocenters. The number of nitrogens with zero attached hydrogens (tertiary/aromatic N) is 1. The number of hydrogen-bond acceptors (Lipinski definition) is 3. The summed E-state index contributed by atoms with van der Waals surface area (Å²) in [6, 6.07) is 13.2. The van der Waals surface area contributed by atoms with Crippen LogP contribution in [0.1, 0.15) is 11.1 Å². The van der Waals surface area contributed by atoms with Crippen LogP contribution in [0.2, 0.25) is 0 Å². The molecule has 0 aliphatic carbocycles. The van der Waals surface area contributed by atoms with Gasteiger partial charge in [-0.05, 0) is 34.1 Å². The van der Waals surface area contributed by atoms with Crippen molar-refractivity contribution in [2.75, 3.05) is 0 Å². The van der Waals surface area contributed by atoms with Gasteiger partial charge in [-0.15, -0.1) is 0 Å². The summed E-state index contributed by atoms with van der Waals surface area (Å²) in [7, 11) is 0. The molecule has 6 heteroatoms. The van der Waals surface area contributed by atoms with E-state index in [1.54, 1.807) is 12.1 Å². The smallest absolute Gasteiger partial charge is 0.174 e. The third-order valence-electron chi connectivity index (χ3n) is 2.68. The van der Waals surface area contributed by atoms with Crippen molar-refractivity contribution in [2.24, 2.45) is 10.9 Å². The largest absolute Gasteiger partial charge is 0.488 e. The molecule has 104 valence electrons. The van der Waals surface area contributed by atoms with Gasteiger partial charge in [-0.25, -0.2) is 0 Å². The molecule has 20 heavy (non-hydrogen) atoms. The van der Waals surface area contributed by atoms with Crippen LogP contribution in [0.5, 0.6) is 5.75 Å². The van der Waals surface area contributed by atoms with Gasteiger partial charge in [0.2, 0.25) is 0 Å². The average Bonchev–Trinajstić information content (AvgIpc) is 2.46. The highest BCUT2D eigenvalue weighted by molar-refractivity contribution is 9.10. The topological polar surface area (TPSA) is 67.8 Å². The van der Waals surface area contributed by atoms with E-state index in [0.717, 1.165) is 10.0 Å². The van der Waals surface area contributed by atoms with E-state index in [1.807, 2.05) is 30.3 Å². The van der Waals surface area contributed by atoms with Gasteiger partial charge in [0.25, 0.3) is 0 Å². The minimum Gasteiger partial charge on any atom is -0.488 e. The summed E-state index contributed by atoms with van der Waals surface area (Å²) in [4.78, 5) is 0. The summed E-state index contributed by atoms with van der Waals surface area (Å²) < 4.78 is 7.45. The summed E-state index contributed by atoms with van der Waals surface area (Å²) >= 11 is 6.84. The summed E-state index contributed by atoms with van der Waals surface area (Å²) in [5, 5.41) is 11.9. The first-order valence-electron chi connectivity index (χ1n) is 5.76. The van der Waals surface area contributed by atoms with Crippen molar-refractivity contribution < 1.29 is 9.94 Å². The Labute approximate surface area is 133 Å². The van der Waals surface area contributed by atoms with Crippen LogP contribution in [0, 0.1) is 0 Å². The van der Waals surface area contributed by atoms with Crippen LogP contribution in [0.3, 0.4) is 0 Å². The van der Waals surface area contributed by atoms with Gasteiger partial charge in [-0.1, -0.05) is 45.4 Å². The number of halogens is 2. The van der Waals surface area contributed by atoms with E-state index in [1.165, 1.54) is 0 Å². The van der Waals surface area contributed by atoms with Crippen molar-refractivity contribution in [1.82, 2.24) is 0 Å². The van der Waals surface area contributed by atoms with Crippen LogP contribution in [-0.2, 0) is 6.61 Å². The standard InChI is InChI=1S/C14H12Br2N2O2/c15-10-5-2-1-4-9(10)8-20-12-7-3-6-11(16)13(12)14(17)18-19/h1-7,19H,8H2,(H2,17,18). The lowest BCUT2D eigenvalue weighted by Crippen LogP contribution is -2.15. The Morgan fingerprint density at radius 3 is 2.50 bits per heavy atom. The van der Waals surface area contributed by atoms with E-state index in [-0.39, 0.29) is 5.84 Å². The monoisotopic (exact) mass is 398 g/mol. The molecule has 0 aromatic heterocycles. The lowest BCUT2D eigenvalue weighted by atomic mass is 10.2. The van der Waals surface area contributed by atoms with E-state index in [2.05, 4.69) is 37.0 Å². The van der Waals surface area contributed by atoms with Gasteiger partial charge in [0.05, 0.1) is 5.56 Å². The summed E-state index contributed by atoms with van der Waals surface area (Å²) in [5.41, 5.74) is 7.22. The molecule has 0 spiro atoms. The highest BCUT2D eigenvalue weighted by Gasteiger charge is 2.13. The van der Waals surface area contributed by atoms with Crippen molar-refractivity contribution in [1.29, 1.82) is 0 Å².